The molecule has 0 saturated carbocycles. The van der Waals surface area contributed by atoms with E-state index in [2.05, 4.69) is 21.4 Å². The van der Waals surface area contributed by atoms with Crippen LogP contribution in [0.4, 0.5) is 10.5 Å². The number of epoxide rings is 1. The maximum absolute atomic E-state index is 14.4. The van der Waals surface area contributed by atoms with Crippen molar-refractivity contribution in [3.8, 4) is 5.75 Å². The standard InChI is InChI=1S/C57H81ClN8O17S/c1-35-14-13-17-46(78-10)57(73)33-45(81-55(72)62-57)36(2)52-56(4,83-52)47(32-50(69)65(8)43-29-38(28-35)30-44(77-9)51(43)58)82-54(71)37(3)64(7)49(68)19-23-79-25-26-80-24-21-60-53(70)41(20-27-84(74,75)76)61-48(67)18-22-66-40(34-63(6)59-5)31-39-15-11-12-16-42(39)66/h11-17,29-31,36-37,41,45-47,52,59,73H,18-28,32-34H2,1-10H3,(H,60,70)(H,61,67)(H,62,72)(H,74,75,76)/b17-13+,35-14+/t36-,37+,41+,45+,46-,47+,52?,56+,57+/m1/s1. The summed E-state index contributed by atoms with van der Waals surface area (Å²) in [5.74, 6) is -4.02. The molecule has 2 aromatic carbocycles. The molecule has 2 fully saturated rings. The summed E-state index contributed by atoms with van der Waals surface area (Å²) in [6.07, 6.45) is -0.255. The normalized spacial score (nSPS) is 24.6. The highest BCUT2D eigenvalue weighted by Gasteiger charge is 2.64. The molecule has 25 nitrogen and oxygen atoms in total. The van der Waals surface area contributed by atoms with Crippen LogP contribution in [0.1, 0.15) is 71.1 Å². The lowest BCUT2D eigenvalue weighted by Gasteiger charge is -2.42. The zero-order valence-electron chi connectivity index (χ0n) is 49.3. The summed E-state index contributed by atoms with van der Waals surface area (Å²) in [7, 11) is 5.06. The van der Waals surface area contributed by atoms with Gasteiger partial charge in [0.25, 0.3) is 10.1 Å². The van der Waals surface area contributed by atoms with E-state index in [1.54, 1.807) is 45.2 Å². The van der Waals surface area contributed by atoms with Gasteiger partial charge < -0.3 is 63.3 Å². The number of likely N-dealkylation sites (N-methyl/N-ethyl adjacent to an activating group) is 1. The molecule has 3 aliphatic heterocycles. The Morgan fingerprint density at radius 2 is 1.75 bits per heavy atom. The third-order valence-corrected chi connectivity index (χ3v) is 16.6. The van der Waals surface area contributed by atoms with Gasteiger partial charge in [-0.3, -0.25) is 34.5 Å². The molecule has 0 aliphatic carbocycles. The molecular weight excluding hydrogens is 1140 g/mol. The number of methoxy groups -OCH3 is 2. The smallest absolute Gasteiger partial charge is 0.409 e. The second kappa shape index (κ2) is 29.7. The SMILES string of the molecule is CNN(C)Cc1cc2ccccc2n1CCC(=O)N[C@@H](CCS(=O)(=O)O)C(=O)NCCOCCOCCC(=O)N(C)[C@@H](C)C(=O)O[C@H]1CC(=O)N(C)c2cc(cc(OC)c2Cl)C/C(C)=C/C=C/[C@@H](OC)[C@@]2(O)C[C@H](OC(=O)N2)[C@@H](C)C2O[C@]21C. The fourth-order valence-corrected chi connectivity index (χ4v) is 11.1. The monoisotopic (exact) mass is 1220 g/mol. The molecule has 0 radical (unpaired) electrons. The maximum Gasteiger partial charge on any atom is 0.409 e. The number of aryl methyl sites for hydroxylation is 1. The first kappa shape index (κ1) is 66.9. The quantitative estimate of drug-likeness (QED) is 0.0233. The molecule has 4 bridgehead atoms. The fourth-order valence-electron chi connectivity index (χ4n) is 10.2. The number of hydrogen-bond acceptors (Lipinski definition) is 18. The number of aliphatic hydroxyl groups is 1. The van der Waals surface area contributed by atoms with Crippen molar-refractivity contribution in [1.82, 2.24) is 35.9 Å². The number of fused-ring (bicyclic) bond motifs is 6. The number of nitrogens with zero attached hydrogens (tertiary/aromatic N) is 4. The number of amides is 5. The third-order valence-electron chi connectivity index (χ3n) is 15.5. The van der Waals surface area contributed by atoms with Gasteiger partial charge in [0.05, 0.1) is 70.5 Å². The van der Waals surface area contributed by atoms with Gasteiger partial charge in [0.2, 0.25) is 23.6 Å². The Labute approximate surface area is 495 Å². The lowest BCUT2D eigenvalue weighted by atomic mass is 9.83. The minimum atomic E-state index is -4.45. The van der Waals surface area contributed by atoms with Crippen molar-refractivity contribution in [2.24, 2.45) is 5.92 Å². The van der Waals surface area contributed by atoms with Gasteiger partial charge in [0.1, 0.15) is 46.8 Å². The van der Waals surface area contributed by atoms with Gasteiger partial charge in [-0.05, 0) is 75.9 Å². The second-order valence-electron chi connectivity index (χ2n) is 21.5. The number of benzene rings is 2. The maximum atomic E-state index is 14.4. The molecule has 464 valence electrons. The van der Waals surface area contributed by atoms with Gasteiger partial charge in [-0.15, -0.1) is 0 Å². The third kappa shape index (κ3) is 17.7. The minimum absolute atomic E-state index is 0.0107. The van der Waals surface area contributed by atoms with Crippen LogP contribution >= 0.6 is 11.6 Å². The number of rotatable bonds is 25. The van der Waals surface area contributed by atoms with Crippen molar-refractivity contribution >= 4 is 74.0 Å². The van der Waals surface area contributed by atoms with Crippen molar-refractivity contribution in [3.63, 3.8) is 0 Å². The highest BCUT2D eigenvalue weighted by Crippen LogP contribution is 2.49. The molecular formula is C57H81ClN8O17S. The van der Waals surface area contributed by atoms with E-state index in [4.69, 9.17) is 44.8 Å². The molecule has 6 rings (SSSR count). The zero-order valence-corrected chi connectivity index (χ0v) is 50.9. The van der Waals surface area contributed by atoms with Crippen LogP contribution in [0.15, 0.2) is 66.3 Å². The average Bonchev–Trinajstić information content (AvgIpc) is 1.71. The van der Waals surface area contributed by atoms with Gasteiger partial charge in [-0.1, -0.05) is 60.5 Å². The number of anilines is 1. The minimum Gasteiger partial charge on any atom is -0.495 e. The number of hydrazine groups is 1. The molecule has 84 heavy (non-hydrogen) atoms. The summed E-state index contributed by atoms with van der Waals surface area (Å²) in [6, 6.07) is 10.9. The van der Waals surface area contributed by atoms with Crippen molar-refractivity contribution in [1.29, 1.82) is 0 Å². The molecule has 27 heteroatoms. The highest BCUT2D eigenvalue weighted by atomic mass is 35.5. The average molecular weight is 1220 g/mol. The topological polar surface area (TPSA) is 308 Å². The molecule has 6 N–H and O–H groups in total. The number of carbonyl (C=O) groups is 6. The number of allylic oxidation sites excluding steroid dienone is 3. The van der Waals surface area contributed by atoms with Crippen LogP contribution in [0.5, 0.6) is 5.75 Å². The highest BCUT2D eigenvalue weighted by molar-refractivity contribution is 7.85. The van der Waals surface area contributed by atoms with Crippen molar-refractivity contribution in [2.75, 3.05) is 86.0 Å². The lowest BCUT2D eigenvalue weighted by Crippen LogP contribution is -2.63. The Hall–Kier alpha value is -6.20. The number of ether oxygens (including phenoxy) is 7. The second-order valence-corrected chi connectivity index (χ2v) is 23.5. The van der Waals surface area contributed by atoms with Crippen LogP contribution in [0, 0.1) is 5.92 Å². The van der Waals surface area contributed by atoms with Crippen LogP contribution in [0.2, 0.25) is 5.02 Å². The molecule has 3 aliphatic rings. The van der Waals surface area contributed by atoms with Crippen LogP contribution < -0.4 is 31.0 Å². The fraction of sp³-hybridized carbons (Fsp3) is 0.579. The van der Waals surface area contributed by atoms with E-state index < -0.39 is 112 Å². The first-order chi connectivity index (χ1) is 39.7. The predicted octanol–water partition coefficient (Wildman–Crippen LogP) is 3.43. The number of carbonyl (C=O) groups excluding carboxylic acids is 6. The number of halogens is 1. The number of aromatic nitrogens is 1. The summed E-state index contributed by atoms with van der Waals surface area (Å²) in [5.41, 5.74) is 3.70. The van der Waals surface area contributed by atoms with E-state index in [9.17, 15) is 46.8 Å². The van der Waals surface area contributed by atoms with E-state index >= 15 is 0 Å². The van der Waals surface area contributed by atoms with Crippen LogP contribution in [-0.4, -0.2) is 197 Å². The summed E-state index contributed by atoms with van der Waals surface area (Å²) in [4.78, 5) is 83.9. The van der Waals surface area contributed by atoms with Gasteiger partial charge >= 0.3 is 12.1 Å². The Balaban J connectivity index is 1.01. The van der Waals surface area contributed by atoms with Gasteiger partial charge in [0.15, 0.2) is 5.72 Å². The van der Waals surface area contributed by atoms with E-state index in [0.29, 0.717) is 24.4 Å². The molecule has 1 aromatic heterocycles. The van der Waals surface area contributed by atoms with Crippen LogP contribution in [0.25, 0.3) is 10.9 Å². The number of nitrogens with one attached hydrogen (secondary N) is 4. The lowest BCUT2D eigenvalue weighted by molar-refractivity contribution is -0.162. The number of esters is 1. The van der Waals surface area contributed by atoms with E-state index in [-0.39, 0.29) is 70.2 Å². The van der Waals surface area contributed by atoms with Crippen LogP contribution in [0.3, 0.4) is 0 Å². The van der Waals surface area contributed by atoms with E-state index in [1.807, 2.05) is 60.0 Å². The molecule has 4 heterocycles. The van der Waals surface area contributed by atoms with Crippen molar-refractivity contribution < 1.29 is 80.0 Å². The molecule has 1 unspecified atom stereocenters. The number of hydrogen-bond donors (Lipinski definition) is 6. The van der Waals surface area contributed by atoms with Crippen LogP contribution in [-0.2, 0) is 82.0 Å². The summed E-state index contributed by atoms with van der Waals surface area (Å²) < 4.78 is 75.3. The predicted molar refractivity (Wildman–Crippen MR) is 310 cm³/mol. The molecule has 2 saturated heterocycles. The Morgan fingerprint density at radius 3 is 2.44 bits per heavy atom. The molecule has 0 spiro atoms. The van der Waals surface area contributed by atoms with Gasteiger partial charge in [-0.25, -0.2) is 14.6 Å². The first-order valence-electron chi connectivity index (χ1n) is 27.7. The molecule has 5 amide bonds. The zero-order chi connectivity index (χ0) is 61.7. The van der Waals surface area contributed by atoms with E-state index in [0.717, 1.165) is 27.7 Å². The van der Waals surface area contributed by atoms with Crippen molar-refractivity contribution in [3.05, 3.63) is 82.5 Å². The Morgan fingerprint density at radius 1 is 1.04 bits per heavy atom. The van der Waals surface area contributed by atoms with E-state index in [1.165, 1.54) is 45.0 Å². The largest absolute Gasteiger partial charge is 0.495 e. The van der Waals surface area contributed by atoms with Gasteiger partial charge in [-0.2, -0.15) is 8.42 Å². The molecule has 9 atom stereocenters. The Bertz CT molecular complexity index is 3020. The first-order valence-corrected chi connectivity index (χ1v) is 29.7. The summed E-state index contributed by atoms with van der Waals surface area (Å²) in [6.45, 7) is 7.70. The Kier molecular flexibility index (Phi) is 23.7. The summed E-state index contributed by atoms with van der Waals surface area (Å²) >= 11 is 6.82. The number of para-hydroxylation sites is 1. The van der Waals surface area contributed by atoms with Crippen molar-refractivity contribution in [2.45, 2.75) is 127 Å². The molecule has 3 aromatic rings. The van der Waals surface area contributed by atoms with Gasteiger partial charge in [0, 0.05) is 71.3 Å². The number of alkyl carbamates (subject to hydrolysis) is 1. The summed E-state index contributed by atoms with van der Waals surface area (Å²) in [5, 5.41) is 22.7.